The van der Waals surface area contributed by atoms with Crippen molar-refractivity contribution in [3.63, 3.8) is 0 Å². The third-order valence-electron chi connectivity index (χ3n) is 7.19. The number of nitrogen functional groups attached to an aromatic ring is 1. The highest BCUT2D eigenvalue weighted by molar-refractivity contribution is 7.52. The van der Waals surface area contributed by atoms with E-state index in [1.165, 1.54) is 6.07 Å². The number of nitrogens with zero attached hydrogens (tertiary/aromatic N) is 3. The topological polar surface area (TPSA) is 140 Å². The molecule has 0 radical (unpaired) electrons. The van der Waals surface area contributed by atoms with Crippen LogP contribution in [-0.4, -0.2) is 44.9 Å². The summed E-state index contributed by atoms with van der Waals surface area (Å²) < 4.78 is 40.6. The standard InChI is InChI=1S/C35H41ClN5O6P/c1-6-44-22-30-39-31-32(27-17-10-11-18-28(27)38-33(31)37)41(30)21-23(2)46-48(43,47-26-16-12-15-25(36)20-26)40-29(34(42)45-35(3,4)5)19-24-13-8-7-9-14-24/h7-18,20,23,29H,6,19,21-22H2,1-5H3,(H2,37,38)(H,40,43)/t23-,29+,48?/m1/s1. The van der Waals surface area contributed by atoms with Crippen molar-refractivity contribution >= 4 is 53.1 Å². The first-order valence-corrected chi connectivity index (χ1v) is 17.7. The summed E-state index contributed by atoms with van der Waals surface area (Å²) in [6.45, 7) is 9.84. The Morgan fingerprint density at radius 2 is 1.77 bits per heavy atom. The number of benzene rings is 3. The zero-order valence-electron chi connectivity index (χ0n) is 27.7. The number of rotatable bonds is 14. The molecule has 13 heteroatoms. The van der Waals surface area contributed by atoms with Crippen molar-refractivity contribution in [1.82, 2.24) is 19.6 Å². The smallest absolute Gasteiger partial charge is 0.459 e. The number of nitrogens with two attached hydrogens (primary N) is 1. The summed E-state index contributed by atoms with van der Waals surface area (Å²) in [6, 6.07) is 22.4. The summed E-state index contributed by atoms with van der Waals surface area (Å²) in [5.41, 5.74) is 8.38. The molecule has 2 heterocycles. The molecule has 0 bridgehead atoms. The zero-order valence-corrected chi connectivity index (χ0v) is 29.3. The number of ether oxygens (including phenoxy) is 2. The van der Waals surface area contributed by atoms with Gasteiger partial charge in [0.05, 0.1) is 23.7 Å². The van der Waals surface area contributed by atoms with Gasteiger partial charge in [-0.05, 0) is 70.9 Å². The number of pyridine rings is 1. The molecule has 0 saturated carbocycles. The van der Waals surface area contributed by atoms with E-state index >= 15 is 0 Å². The van der Waals surface area contributed by atoms with Crippen molar-refractivity contribution in [3.05, 3.63) is 95.3 Å². The normalized spacial score (nSPS) is 14.5. The molecule has 254 valence electrons. The molecule has 11 nitrogen and oxygen atoms in total. The highest BCUT2D eigenvalue weighted by Crippen LogP contribution is 2.47. The van der Waals surface area contributed by atoms with Crippen LogP contribution in [0.3, 0.4) is 0 Å². The lowest BCUT2D eigenvalue weighted by molar-refractivity contribution is -0.157. The highest BCUT2D eigenvalue weighted by atomic mass is 35.5. The fourth-order valence-electron chi connectivity index (χ4n) is 5.27. The average Bonchev–Trinajstić information content (AvgIpc) is 3.37. The summed E-state index contributed by atoms with van der Waals surface area (Å²) in [7, 11) is -4.31. The number of carbonyl (C=O) groups excluding carboxylic acids is 1. The van der Waals surface area contributed by atoms with Gasteiger partial charge in [-0.15, -0.1) is 0 Å². The van der Waals surface area contributed by atoms with Gasteiger partial charge >= 0.3 is 13.7 Å². The van der Waals surface area contributed by atoms with Crippen LogP contribution < -0.4 is 15.3 Å². The first-order chi connectivity index (χ1) is 22.8. The quantitative estimate of drug-likeness (QED) is 0.0888. The SMILES string of the molecule is CCOCc1nc2c(N)nc3ccccc3c2n1C[C@@H](C)OP(=O)(N[C@@H](Cc1ccccc1)C(=O)OC(C)(C)C)Oc1cccc(Cl)c1. The number of nitrogens with one attached hydrogen (secondary N) is 1. The maximum absolute atomic E-state index is 14.8. The molecule has 0 aliphatic rings. The molecule has 3 atom stereocenters. The summed E-state index contributed by atoms with van der Waals surface area (Å²) in [5, 5.41) is 4.14. The summed E-state index contributed by atoms with van der Waals surface area (Å²) >= 11 is 6.24. The maximum atomic E-state index is 14.8. The molecule has 3 N–H and O–H groups in total. The second-order valence-electron chi connectivity index (χ2n) is 12.4. The Morgan fingerprint density at radius 3 is 2.48 bits per heavy atom. The molecule has 2 aromatic heterocycles. The molecule has 5 aromatic rings. The van der Waals surface area contributed by atoms with Crippen LogP contribution in [0.5, 0.6) is 5.75 Å². The van der Waals surface area contributed by atoms with Crippen LogP contribution in [-0.2, 0) is 42.9 Å². The molecule has 0 fully saturated rings. The Morgan fingerprint density at radius 1 is 1.04 bits per heavy atom. The third-order valence-corrected chi connectivity index (χ3v) is 9.14. The van der Waals surface area contributed by atoms with Gasteiger partial charge in [0.1, 0.15) is 35.3 Å². The molecular formula is C35H41ClN5O6P. The Hall–Kier alpha value is -3.99. The molecular weight excluding hydrogens is 653 g/mol. The third kappa shape index (κ3) is 8.92. The highest BCUT2D eigenvalue weighted by Gasteiger charge is 2.38. The zero-order chi connectivity index (χ0) is 34.5. The minimum absolute atomic E-state index is 0.166. The van der Waals surface area contributed by atoms with Crippen LogP contribution in [0.15, 0.2) is 78.9 Å². The first-order valence-electron chi connectivity index (χ1n) is 15.7. The van der Waals surface area contributed by atoms with E-state index in [-0.39, 0.29) is 31.1 Å². The predicted molar refractivity (Wildman–Crippen MR) is 188 cm³/mol. The second kappa shape index (κ2) is 15.1. The predicted octanol–water partition coefficient (Wildman–Crippen LogP) is 7.49. The number of aromatic nitrogens is 3. The van der Waals surface area contributed by atoms with Gasteiger partial charge in [-0.2, -0.15) is 5.09 Å². The van der Waals surface area contributed by atoms with E-state index in [1.807, 2.05) is 66.1 Å². The first kappa shape index (κ1) is 35.3. The fraction of sp³-hybridized carbons (Fsp3) is 0.343. The molecule has 0 saturated heterocycles. The number of esters is 1. The number of carbonyl (C=O) groups is 1. The minimum atomic E-state index is -4.31. The lowest BCUT2D eigenvalue weighted by atomic mass is 10.1. The van der Waals surface area contributed by atoms with E-state index in [2.05, 4.69) is 10.1 Å². The van der Waals surface area contributed by atoms with E-state index < -0.39 is 31.5 Å². The summed E-state index contributed by atoms with van der Waals surface area (Å²) in [6.07, 6.45) is -0.580. The van der Waals surface area contributed by atoms with Gasteiger partial charge in [0.2, 0.25) is 0 Å². The molecule has 48 heavy (non-hydrogen) atoms. The number of halogens is 1. The number of hydrogen-bond donors (Lipinski definition) is 2. The Kier molecular flexibility index (Phi) is 11.1. The molecule has 1 unspecified atom stereocenters. The Bertz CT molecular complexity index is 1930. The number of hydrogen-bond acceptors (Lipinski definition) is 9. The lowest BCUT2D eigenvalue weighted by Crippen LogP contribution is -2.42. The van der Waals surface area contributed by atoms with Gasteiger partial charge in [0.15, 0.2) is 5.82 Å². The molecule has 5 rings (SSSR count). The van der Waals surface area contributed by atoms with Crippen LogP contribution in [0.25, 0.3) is 21.9 Å². The van der Waals surface area contributed by atoms with E-state index in [4.69, 9.17) is 40.8 Å². The lowest BCUT2D eigenvalue weighted by Gasteiger charge is -2.29. The second-order valence-corrected chi connectivity index (χ2v) is 14.4. The van der Waals surface area contributed by atoms with Crippen molar-refractivity contribution < 1.29 is 27.9 Å². The van der Waals surface area contributed by atoms with Crippen LogP contribution in [0.4, 0.5) is 5.82 Å². The van der Waals surface area contributed by atoms with Crippen molar-refractivity contribution in [2.45, 2.75) is 71.9 Å². The van der Waals surface area contributed by atoms with E-state index in [9.17, 15) is 9.36 Å². The van der Waals surface area contributed by atoms with Crippen molar-refractivity contribution in [3.8, 4) is 5.75 Å². The summed E-state index contributed by atoms with van der Waals surface area (Å²) in [5.74, 6) is 0.475. The van der Waals surface area contributed by atoms with Crippen LogP contribution in [0, 0.1) is 0 Å². The molecule has 0 amide bonds. The van der Waals surface area contributed by atoms with E-state index in [0.29, 0.717) is 28.5 Å². The monoisotopic (exact) mass is 693 g/mol. The molecule has 0 aliphatic carbocycles. The fourth-order valence-corrected chi connectivity index (χ4v) is 7.12. The van der Waals surface area contributed by atoms with Gasteiger partial charge in [-0.25, -0.2) is 14.5 Å². The number of anilines is 1. The molecule has 0 spiro atoms. The largest absolute Gasteiger partial charge is 0.459 e. The van der Waals surface area contributed by atoms with Gasteiger partial charge in [0.25, 0.3) is 0 Å². The molecule has 3 aromatic carbocycles. The minimum Gasteiger partial charge on any atom is -0.459 e. The van der Waals surface area contributed by atoms with Crippen molar-refractivity contribution in [1.29, 1.82) is 0 Å². The van der Waals surface area contributed by atoms with Gasteiger partial charge in [-0.1, -0.05) is 66.2 Å². The van der Waals surface area contributed by atoms with Crippen LogP contribution in [0.1, 0.15) is 46.0 Å². The Labute approximate surface area is 285 Å². The molecule has 0 aliphatic heterocycles. The number of fused-ring (bicyclic) bond motifs is 3. The van der Waals surface area contributed by atoms with Crippen molar-refractivity contribution in [2.24, 2.45) is 0 Å². The number of imidazole rings is 1. The van der Waals surface area contributed by atoms with Gasteiger partial charge in [0, 0.05) is 17.0 Å². The number of para-hydroxylation sites is 1. The van der Waals surface area contributed by atoms with Gasteiger partial charge in [-0.3, -0.25) is 9.32 Å². The van der Waals surface area contributed by atoms with E-state index in [0.717, 1.165) is 16.5 Å². The average molecular weight is 694 g/mol. The van der Waals surface area contributed by atoms with Gasteiger partial charge < -0.3 is 24.3 Å². The van der Waals surface area contributed by atoms with Crippen molar-refractivity contribution in [2.75, 3.05) is 12.3 Å². The Balaban J connectivity index is 1.52. The van der Waals surface area contributed by atoms with Crippen LogP contribution in [0.2, 0.25) is 5.02 Å². The maximum Gasteiger partial charge on any atom is 0.459 e. The summed E-state index contributed by atoms with van der Waals surface area (Å²) in [4.78, 5) is 22.9. The van der Waals surface area contributed by atoms with Crippen LogP contribution >= 0.6 is 19.3 Å². The van der Waals surface area contributed by atoms with E-state index in [1.54, 1.807) is 45.9 Å².